The van der Waals surface area contributed by atoms with Gasteiger partial charge in [0.25, 0.3) is 0 Å². The molecule has 0 amide bonds. The number of nitrogens with two attached hydrogens (primary N) is 1. The van der Waals surface area contributed by atoms with E-state index in [9.17, 15) is 0 Å². The number of fused-ring (bicyclic) bond motifs is 1. The number of hydrogen-bond donors (Lipinski definition) is 1. The Morgan fingerprint density at radius 1 is 1.44 bits per heavy atom. The molecule has 0 aliphatic carbocycles. The minimum absolute atomic E-state index is 0.444. The van der Waals surface area contributed by atoms with Gasteiger partial charge in [0.05, 0.1) is 10.2 Å². The lowest BCUT2D eigenvalue weighted by Crippen LogP contribution is -2.48. The zero-order valence-electron chi connectivity index (χ0n) is 10.7. The Morgan fingerprint density at radius 3 is 3.06 bits per heavy atom. The second kappa shape index (κ2) is 4.86. The zero-order chi connectivity index (χ0) is 12.5. The van der Waals surface area contributed by atoms with E-state index in [1.54, 1.807) is 11.3 Å². The summed E-state index contributed by atoms with van der Waals surface area (Å²) < 4.78 is 1.27. The van der Waals surface area contributed by atoms with Gasteiger partial charge >= 0.3 is 0 Å². The van der Waals surface area contributed by atoms with Crippen molar-refractivity contribution in [1.82, 2.24) is 4.98 Å². The molecule has 1 saturated heterocycles. The van der Waals surface area contributed by atoms with E-state index in [-0.39, 0.29) is 0 Å². The number of hydrogen-bond acceptors (Lipinski definition) is 4. The normalized spacial score (nSPS) is 24.7. The Labute approximate surface area is 112 Å². The van der Waals surface area contributed by atoms with E-state index >= 15 is 0 Å². The van der Waals surface area contributed by atoms with Crippen molar-refractivity contribution in [3.8, 4) is 0 Å². The topological polar surface area (TPSA) is 42.2 Å². The fourth-order valence-corrected chi connectivity index (χ4v) is 3.88. The summed E-state index contributed by atoms with van der Waals surface area (Å²) >= 11 is 1.78. The number of piperidine rings is 1. The zero-order valence-corrected chi connectivity index (χ0v) is 11.5. The van der Waals surface area contributed by atoms with Gasteiger partial charge in [0.2, 0.25) is 0 Å². The van der Waals surface area contributed by atoms with E-state index in [0.29, 0.717) is 12.0 Å². The number of anilines is 1. The molecule has 1 fully saturated rings. The van der Waals surface area contributed by atoms with E-state index in [2.05, 4.69) is 30.0 Å². The molecule has 96 valence electrons. The largest absolute Gasteiger partial charge is 0.344 e. The number of aromatic nitrogens is 1. The summed E-state index contributed by atoms with van der Waals surface area (Å²) in [6.45, 7) is 4.11. The smallest absolute Gasteiger partial charge is 0.186 e. The molecular formula is C14H19N3S. The molecule has 18 heavy (non-hydrogen) atoms. The van der Waals surface area contributed by atoms with Crippen LogP contribution in [0.3, 0.4) is 0 Å². The quantitative estimate of drug-likeness (QED) is 0.904. The number of thiazole rings is 1. The first-order chi connectivity index (χ1) is 8.79. The van der Waals surface area contributed by atoms with Crippen molar-refractivity contribution in [3.63, 3.8) is 0 Å². The van der Waals surface area contributed by atoms with Crippen molar-refractivity contribution in [3.05, 3.63) is 24.3 Å². The monoisotopic (exact) mass is 261 g/mol. The molecule has 4 heteroatoms. The third kappa shape index (κ3) is 1.99. The Bertz CT molecular complexity index is 504. The minimum Gasteiger partial charge on any atom is -0.344 e. The third-order valence-electron chi connectivity index (χ3n) is 3.89. The van der Waals surface area contributed by atoms with Crippen molar-refractivity contribution in [2.45, 2.75) is 25.8 Å². The highest BCUT2D eigenvalue weighted by Crippen LogP contribution is 2.33. The first-order valence-corrected chi connectivity index (χ1v) is 7.43. The lowest BCUT2D eigenvalue weighted by atomic mass is 9.91. The number of para-hydroxylation sites is 1. The predicted molar refractivity (Wildman–Crippen MR) is 78.2 cm³/mol. The van der Waals surface area contributed by atoms with Gasteiger partial charge in [-0.1, -0.05) is 30.4 Å². The molecular weight excluding hydrogens is 242 g/mol. The van der Waals surface area contributed by atoms with Gasteiger partial charge in [-0.05, 0) is 30.9 Å². The van der Waals surface area contributed by atoms with Gasteiger partial charge in [0, 0.05) is 19.1 Å². The van der Waals surface area contributed by atoms with Gasteiger partial charge in [-0.2, -0.15) is 0 Å². The number of benzene rings is 1. The maximum absolute atomic E-state index is 5.95. The maximum atomic E-state index is 5.95. The molecule has 3 rings (SSSR count). The van der Waals surface area contributed by atoms with Gasteiger partial charge in [0.1, 0.15) is 0 Å². The Hall–Kier alpha value is -1.13. The fourth-order valence-electron chi connectivity index (χ4n) is 2.83. The first-order valence-electron chi connectivity index (χ1n) is 6.62. The highest BCUT2D eigenvalue weighted by atomic mass is 32.1. The maximum Gasteiger partial charge on any atom is 0.186 e. The standard InChI is InChI=1S/C14H19N3S/c1-10-5-4-8-17(12(10)9-15)14-16-11-6-2-3-7-13(11)18-14/h2-3,6-7,10,12H,4-5,8-9,15H2,1H3. The van der Waals surface area contributed by atoms with Crippen LogP contribution >= 0.6 is 11.3 Å². The predicted octanol–water partition coefficient (Wildman–Crippen LogP) is 2.86. The number of rotatable bonds is 2. The molecule has 2 atom stereocenters. The molecule has 0 bridgehead atoms. The average Bonchev–Trinajstić information content (AvgIpc) is 2.82. The summed E-state index contributed by atoms with van der Waals surface area (Å²) in [4.78, 5) is 7.17. The van der Waals surface area contributed by atoms with Crippen LogP contribution in [0, 0.1) is 5.92 Å². The lowest BCUT2D eigenvalue weighted by Gasteiger charge is -2.39. The van der Waals surface area contributed by atoms with Crippen LogP contribution in [0.15, 0.2) is 24.3 Å². The van der Waals surface area contributed by atoms with E-state index < -0.39 is 0 Å². The summed E-state index contributed by atoms with van der Waals surface area (Å²) in [5.41, 5.74) is 7.05. The Kier molecular flexibility index (Phi) is 3.22. The summed E-state index contributed by atoms with van der Waals surface area (Å²) in [7, 11) is 0. The minimum atomic E-state index is 0.444. The van der Waals surface area contributed by atoms with Gasteiger partial charge in [-0.3, -0.25) is 0 Å². The van der Waals surface area contributed by atoms with Crippen molar-refractivity contribution >= 4 is 26.7 Å². The Balaban J connectivity index is 1.96. The molecule has 0 spiro atoms. The van der Waals surface area contributed by atoms with E-state index in [4.69, 9.17) is 10.7 Å². The van der Waals surface area contributed by atoms with Gasteiger partial charge in [-0.25, -0.2) is 4.98 Å². The van der Waals surface area contributed by atoms with Crippen molar-refractivity contribution in [2.75, 3.05) is 18.0 Å². The van der Waals surface area contributed by atoms with Crippen LogP contribution in [-0.2, 0) is 0 Å². The molecule has 1 aromatic carbocycles. The molecule has 1 aliphatic heterocycles. The molecule has 2 aromatic rings. The van der Waals surface area contributed by atoms with Crippen molar-refractivity contribution in [2.24, 2.45) is 11.7 Å². The second-order valence-electron chi connectivity index (χ2n) is 5.08. The molecule has 1 aliphatic rings. The van der Waals surface area contributed by atoms with E-state index in [1.165, 1.54) is 17.5 Å². The number of nitrogens with zero attached hydrogens (tertiary/aromatic N) is 2. The molecule has 0 saturated carbocycles. The van der Waals surface area contributed by atoms with Crippen LogP contribution < -0.4 is 10.6 Å². The van der Waals surface area contributed by atoms with Crippen LogP contribution in [0.25, 0.3) is 10.2 Å². The summed E-state index contributed by atoms with van der Waals surface area (Å²) in [5, 5.41) is 1.14. The van der Waals surface area contributed by atoms with Crippen LogP contribution in [0.2, 0.25) is 0 Å². The molecule has 2 unspecified atom stereocenters. The molecule has 3 nitrogen and oxygen atoms in total. The molecule has 2 heterocycles. The summed E-state index contributed by atoms with van der Waals surface area (Å²) in [5.74, 6) is 0.663. The van der Waals surface area contributed by atoms with Crippen LogP contribution in [0.1, 0.15) is 19.8 Å². The Morgan fingerprint density at radius 2 is 2.28 bits per heavy atom. The SMILES string of the molecule is CC1CCCN(c2nc3ccccc3s2)C1CN. The van der Waals surface area contributed by atoms with Crippen LogP contribution in [-0.4, -0.2) is 24.1 Å². The summed E-state index contributed by atoms with van der Waals surface area (Å²) in [6, 6.07) is 8.79. The molecule has 0 radical (unpaired) electrons. The van der Waals surface area contributed by atoms with Gasteiger partial charge < -0.3 is 10.6 Å². The lowest BCUT2D eigenvalue weighted by molar-refractivity contribution is 0.349. The highest BCUT2D eigenvalue weighted by Gasteiger charge is 2.29. The van der Waals surface area contributed by atoms with E-state index in [1.807, 2.05) is 6.07 Å². The third-order valence-corrected chi connectivity index (χ3v) is 4.96. The van der Waals surface area contributed by atoms with Crippen LogP contribution in [0.5, 0.6) is 0 Å². The van der Waals surface area contributed by atoms with E-state index in [0.717, 1.165) is 23.7 Å². The fraction of sp³-hybridized carbons (Fsp3) is 0.500. The van der Waals surface area contributed by atoms with Gasteiger partial charge in [-0.15, -0.1) is 0 Å². The van der Waals surface area contributed by atoms with Crippen LogP contribution in [0.4, 0.5) is 5.13 Å². The average molecular weight is 261 g/mol. The van der Waals surface area contributed by atoms with Gasteiger partial charge in [0.15, 0.2) is 5.13 Å². The first kappa shape index (κ1) is 11.9. The molecule has 1 aromatic heterocycles. The highest BCUT2D eigenvalue weighted by molar-refractivity contribution is 7.22. The molecule has 2 N–H and O–H groups in total. The second-order valence-corrected chi connectivity index (χ2v) is 6.09. The van der Waals surface area contributed by atoms with Crippen molar-refractivity contribution in [1.29, 1.82) is 0 Å². The van der Waals surface area contributed by atoms with Crippen molar-refractivity contribution < 1.29 is 0 Å². The summed E-state index contributed by atoms with van der Waals surface area (Å²) in [6.07, 6.45) is 2.52.